The van der Waals surface area contributed by atoms with Gasteiger partial charge >= 0.3 is 6.03 Å². The van der Waals surface area contributed by atoms with E-state index in [-0.39, 0.29) is 18.5 Å². The third-order valence-corrected chi connectivity index (χ3v) is 5.72. The van der Waals surface area contributed by atoms with E-state index < -0.39 is 0 Å². The number of unbranched alkanes of at least 4 members (excludes halogenated alkanes) is 1. The molecule has 0 spiro atoms. The molecule has 1 aromatic heterocycles. The number of nitriles is 1. The van der Waals surface area contributed by atoms with Crippen LogP contribution in [0.1, 0.15) is 25.3 Å². The number of benzene rings is 3. The van der Waals surface area contributed by atoms with Crippen LogP contribution >= 0.6 is 0 Å². The first-order valence-corrected chi connectivity index (χ1v) is 12.1. The third kappa shape index (κ3) is 6.61. The number of urea groups is 1. The second kappa shape index (κ2) is 12.2. The van der Waals surface area contributed by atoms with Crippen LogP contribution in [0.5, 0.6) is 0 Å². The van der Waals surface area contributed by atoms with Gasteiger partial charge in [-0.2, -0.15) is 10.4 Å². The number of aromatic nitrogens is 2. The molecule has 4 rings (SSSR count). The number of para-hydroxylation sites is 1. The van der Waals surface area contributed by atoms with Crippen molar-refractivity contribution in [3.8, 4) is 23.0 Å². The zero-order valence-electron chi connectivity index (χ0n) is 20.6. The van der Waals surface area contributed by atoms with Crippen LogP contribution in [0, 0.1) is 11.3 Å². The molecule has 0 fully saturated rings. The topological polar surface area (TPSA) is 103 Å². The molecule has 4 aromatic rings. The minimum atomic E-state index is -0.380. The lowest BCUT2D eigenvalue weighted by Gasteiger charge is -2.22. The van der Waals surface area contributed by atoms with Crippen molar-refractivity contribution in [2.75, 3.05) is 23.7 Å². The summed E-state index contributed by atoms with van der Waals surface area (Å²) in [6.45, 7) is 2.34. The van der Waals surface area contributed by atoms with Gasteiger partial charge in [-0.15, -0.1) is 0 Å². The van der Waals surface area contributed by atoms with Crippen LogP contribution in [0.3, 0.4) is 0 Å². The van der Waals surface area contributed by atoms with Gasteiger partial charge in [0.1, 0.15) is 12.4 Å². The summed E-state index contributed by atoms with van der Waals surface area (Å²) in [7, 11) is 0. The van der Waals surface area contributed by atoms with Crippen LogP contribution in [0.15, 0.2) is 91.0 Å². The van der Waals surface area contributed by atoms with E-state index >= 15 is 0 Å². The molecule has 0 radical (unpaired) electrons. The Labute approximate surface area is 216 Å². The van der Waals surface area contributed by atoms with E-state index in [0.29, 0.717) is 23.6 Å². The average molecular weight is 493 g/mol. The lowest BCUT2D eigenvalue weighted by atomic mass is 10.1. The second-order valence-electron chi connectivity index (χ2n) is 8.47. The first-order chi connectivity index (χ1) is 18.1. The molecule has 37 heavy (non-hydrogen) atoms. The number of amides is 3. The molecule has 0 aliphatic rings. The number of hydrogen-bond donors (Lipinski definition) is 2. The number of nitrogens with one attached hydrogen (secondary N) is 2. The number of hydrogen-bond acceptors (Lipinski definition) is 4. The standard InChI is InChI=1S/C29H28N6O2/c1-2-3-18-34(29(37)31-24-16-14-22(20-30)15-17-24)21-28(36)32-27-19-26(23-10-6-4-7-11-23)33-35(27)25-12-8-5-9-13-25/h4-17,19H,2-3,18,21H2,1H3,(H,31,37)(H,32,36). The Kier molecular flexibility index (Phi) is 8.29. The van der Waals surface area contributed by atoms with Gasteiger partial charge in [-0.05, 0) is 42.8 Å². The SMILES string of the molecule is CCCCN(CC(=O)Nc1cc(-c2ccccc2)nn1-c1ccccc1)C(=O)Nc1ccc(C#N)cc1. The van der Waals surface area contributed by atoms with E-state index in [9.17, 15) is 9.59 Å². The number of anilines is 2. The molecule has 3 aromatic carbocycles. The predicted octanol–water partition coefficient (Wildman–Crippen LogP) is 5.68. The van der Waals surface area contributed by atoms with Crippen molar-refractivity contribution < 1.29 is 9.59 Å². The van der Waals surface area contributed by atoms with Gasteiger partial charge in [0.15, 0.2) is 0 Å². The summed E-state index contributed by atoms with van der Waals surface area (Å²) in [5.74, 6) is 0.181. The highest BCUT2D eigenvalue weighted by Gasteiger charge is 2.19. The van der Waals surface area contributed by atoms with Gasteiger partial charge in [0.2, 0.25) is 5.91 Å². The number of rotatable bonds is 9. The molecule has 0 unspecified atom stereocenters. The summed E-state index contributed by atoms with van der Waals surface area (Å²) in [5, 5.41) is 19.5. The first kappa shape index (κ1) is 25.2. The minimum Gasteiger partial charge on any atom is -0.315 e. The van der Waals surface area contributed by atoms with E-state index in [0.717, 1.165) is 29.8 Å². The maximum atomic E-state index is 13.1. The molecule has 3 amide bonds. The Bertz CT molecular complexity index is 1380. The van der Waals surface area contributed by atoms with Gasteiger partial charge in [-0.1, -0.05) is 61.9 Å². The number of carbonyl (C=O) groups excluding carboxylic acids is 2. The highest BCUT2D eigenvalue weighted by molar-refractivity contribution is 5.97. The summed E-state index contributed by atoms with van der Waals surface area (Å²) < 4.78 is 1.69. The highest BCUT2D eigenvalue weighted by atomic mass is 16.2. The van der Waals surface area contributed by atoms with E-state index in [1.165, 1.54) is 4.90 Å². The Hall–Kier alpha value is -4.90. The zero-order chi connectivity index (χ0) is 26.0. The summed E-state index contributed by atoms with van der Waals surface area (Å²) in [4.78, 5) is 27.6. The molecule has 8 heteroatoms. The Morgan fingerprint density at radius 2 is 1.62 bits per heavy atom. The number of carbonyl (C=O) groups is 2. The lowest BCUT2D eigenvalue weighted by Crippen LogP contribution is -2.41. The Morgan fingerprint density at radius 1 is 0.946 bits per heavy atom. The van der Waals surface area contributed by atoms with E-state index in [4.69, 9.17) is 10.4 Å². The summed E-state index contributed by atoms with van der Waals surface area (Å²) in [5.41, 5.74) is 3.52. The zero-order valence-corrected chi connectivity index (χ0v) is 20.6. The molecule has 0 atom stereocenters. The van der Waals surface area contributed by atoms with Crippen molar-refractivity contribution in [1.29, 1.82) is 5.26 Å². The van der Waals surface area contributed by atoms with E-state index in [1.54, 1.807) is 28.9 Å². The highest BCUT2D eigenvalue weighted by Crippen LogP contribution is 2.24. The predicted molar refractivity (Wildman–Crippen MR) is 144 cm³/mol. The summed E-state index contributed by atoms with van der Waals surface area (Å²) in [6, 6.07) is 29.4. The van der Waals surface area contributed by atoms with Crippen LogP contribution in [0.4, 0.5) is 16.3 Å². The maximum absolute atomic E-state index is 13.1. The van der Waals surface area contributed by atoms with Crippen LogP contribution < -0.4 is 10.6 Å². The molecule has 8 nitrogen and oxygen atoms in total. The molecule has 1 heterocycles. The van der Waals surface area contributed by atoms with Gasteiger partial charge in [0, 0.05) is 23.9 Å². The van der Waals surface area contributed by atoms with Crippen molar-refractivity contribution in [2.45, 2.75) is 19.8 Å². The average Bonchev–Trinajstić information content (AvgIpc) is 3.36. The summed E-state index contributed by atoms with van der Waals surface area (Å²) >= 11 is 0. The van der Waals surface area contributed by atoms with Crippen LogP contribution in [0.25, 0.3) is 16.9 Å². The smallest absolute Gasteiger partial charge is 0.315 e. The fourth-order valence-electron chi connectivity index (χ4n) is 3.77. The Morgan fingerprint density at radius 3 is 2.27 bits per heavy atom. The molecule has 0 bridgehead atoms. The monoisotopic (exact) mass is 492 g/mol. The molecule has 186 valence electrons. The van der Waals surface area contributed by atoms with Crippen molar-refractivity contribution in [3.63, 3.8) is 0 Å². The van der Waals surface area contributed by atoms with Crippen LogP contribution in [-0.4, -0.2) is 39.7 Å². The van der Waals surface area contributed by atoms with Gasteiger partial charge in [0.25, 0.3) is 0 Å². The van der Waals surface area contributed by atoms with Gasteiger partial charge in [-0.3, -0.25) is 4.79 Å². The van der Waals surface area contributed by atoms with Gasteiger partial charge in [0.05, 0.1) is 23.0 Å². The van der Waals surface area contributed by atoms with Crippen molar-refractivity contribution in [1.82, 2.24) is 14.7 Å². The molecule has 0 saturated carbocycles. The largest absolute Gasteiger partial charge is 0.322 e. The molecule has 2 N–H and O–H groups in total. The molecular weight excluding hydrogens is 464 g/mol. The fraction of sp³-hybridized carbons (Fsp3) is 0.172. The summed E-state index contributed by atoms with van der Waals surface area (Å²) in [6.07, 6.45) is 1.64. The van der Waals surface area contributed by atoms with Crippen molar-refractivity contribution in [3.05, 3.63) is 96.6 Å². The molecule has 0 aliphatic carbocycles. The molecular formula is C29H28N6O2. The minimum absolute atomic E-state index is 0.122. The van der Waals surface area contributed by atoms with Gasteiger partial charge < -0.3 is 15.5 Å². The fourth-order valence-corrected chi connectivity index (χ4v) is 3.77. The Balaban J connectivity index is 1.52. The number of nitrogens with zero attached hydrogens (tertiary/aromatic N) is 4. The first-order valence-electron chi connectivity index (χ1n) is 12.1. The molecule has 0 saturated heterocycles. The quantitative estimate of drug-likeness (QED) is 0.314. The van der Waals surface area contributed by atoms with Crippen LogP contribution in [0.2, 0.25) is 0 Å². The van der Waals surface area contributed by atoms with Crippen molar-refractivity contribution >= 4 is 23.4 Å². The molecule has 0 aliphatic heterocycles. The van der Waals surface area contributed by atoms with E-state index in [2.05, 4.69) is 16.7 Å². The van der Waals surface area contributed by atoms with Crippen molar-refractivity contribution in [2.24, 2.45) is 0 Å². The maximum Gasteiger partial charge on any atom is 0.322 e. The normalized spacial score (nSPS) is 10.4. The third-order valence-electron chi connectivity index (χ3n) is 5.72. The van der Waals surface area contributed by atoms with Gasteiger partial charge in [-0.25, -0.2) is 9.48 Å². The second-order valence-corrected chi connectivity index (χ2v) is 8.47. The van der Waals surface area contributed by atoms with E-state index in [1.807, 2.05) is 73.7 Å². The van der Waals surface area contributed by atoms with Crippen LogP contribution in [-0.2, 0) is 4.79 Å². The lowest BCUT2D eigenvalue weighted by molar-refractivity contribution is -0.116.